The highest BCUT2D eigenvalue weighted by atomic mass is 16.5. The Kier molecular flexibility index (Phi) is 3.57. The largest absolute Gasteiger partial charge is 0.482 e. The number of amides is 1. The van der Waals surface area contributed by atoms with Gasteiger partial charge in [-0.25, -0.2) is 0 Å². The molecule has 0 fully saturated rings. The molecule has 0 bridgehead atoms. The first-order valence-electron chi connectivity index (χ1n) is 5.83. The lowest BCUT2D eigenvalue weighted by atomic mass is 10.1. The Morgan fingerprint density at radius 1 is 1.61 bits per heavy atom. The number of rotatable bonds is 4. The first-order chi connectivity index (χ1) is 8.60. The molecule has 0 saturated carbocycles. The number of nitrogens with one attached hydrogen (secondary N) is 2. The van der Waals surface area contributed by atoms with Crippen LogP contribution in [-0.4, -0.2) is 30.3 Å². The van der Waals surface area contributed by atoms with Gasteiger partial charge in [-0.15, -0.1) is 0 Å². The van der Waals surface area contributed by atoms with Crippen LogP contribution in [0.2, 0.25) is 0 Å². The second kappa shape index (κ2) is 5.14. The average molecular weight is 251 g/mol. The molecule has 1 unspecified atom stereocenters. The predicted molar refractivity (Wildman–Crippen MR) is 69.8 cm³/mol. The van der Waals surface area contributed by atoms with Crippen molar-refractivity contribution in [3.05, 3.63) is 12.1 Å². The second-order valence-electron chi connectivity index (χ2n) is 4.33. The maximum atomic E-state index is 11.2. The summed E-state index contributed by atoms with van der Waals surface area (Å²) in [5, 5.41) is 14.8. The van der Waals surface area contributed by atoms with Gasteiger partial charge in [0.25, 0.3) is 5.91 Å². The summed E-state index contributed by atoms with van der Waals surface area (Å²) in [5.41, 5.74) is 7.79. The van der Waals surface area contributed by atoms with Crippen molar-refractivity contribution < 1.29 is 14.6 Å². The normalized spacial score (nSPS) is 15.3. The first-order valence-corrected chi connectivity index (χ1v) is 5.83. The van der Waals surface area contributed by atoms with E-state index in [0.717, 1.165) is 5.69 Å². The second-order valence-corrected chi connectivity index (χ2v) is 4.33. The maximum absolute atomic E-state index is 11.2. The Morgan fingerprint density at radius 2 is 2.39 bits per heavy atom. The molecule has 6 nitrogen and oxygen atoms in total. The number of anilines is 3. The third-order valence-corrected chi connectivity index (χ3v) is 2.75. The van der Waals surface area contributed by atoms with Crippen LogP contribution in [0.15, 0.2) is 12.1 Å². The van der Waals surface area contributed by atoms with Crippen LogP contribution in [0.1, 0.15) is 13.3 Å². The number of hydrogen-bond acceptors (Lipinski definition) is 5. The van der Waals surface area contributed by atoms with Gasteiger partial charge in [-0.1, -0.05) is 0 Å². The summed E-state index contributed by atoms with van der Waals surface area (Å²) in [6.45, 7) is 2.07. The fraction of sp³-hybridized carbons (Fsp3) is 0.417. The van der Waals surface area contributed by atoms with Crippen LogP contribution in [-0.2, 0) is 4.79 Å². The zero-order valence-electron chi connectivity index (χ0n) is 10.2. The van der Waals surface area contributed by atoms with Gasteiger partial charge in [-0.2, -0.15) is 0 Å². The molecule has 1 aromatic carbocycles. The number of fused-ring (bicyclic) bond motifs is 1. The van der Waals surface area contributed by atoms with Crippen molar-refractivity contribution >= 4 is 23.0 Å². The van der Waals surface area contributed by atoms with Crippen LogP contribution in [0.25, 0.3) is 0 Å². The highest BCUT2D eigenvalue weighted by molar-refractivity contribution is 5.97. The number of ether oxygens (including phenoxy) is 1. The van der Waals surface area contributed by atoms with Gasteiger partial charge in [0.1, 0.15) is 5.75 Å². The fourth-order valence-electron chi connectivity index (χ4n) is 1.80. The minimum absolute atomic E-state index is 0.0140. The standard InChI is InChI=1S/C12H17N3O3/c1-7(2-3-16)14-9-5-10-11(4-8(9)13)18-6-12(17)15-10/h4-5,7,14,16H,2-3,6,13H2,1H3,(H,15,17). The van der Waals surface area contributed by atoms with Crippen molar-refractivity contribution in [3.63, 3.8) is 0 Å². The van der Waals surface area contributed by atoms with E-state index in [9.17, 15) is 4.79 Å². The monoisotopic (exact) mass is 251 g/mol. The lowest BCUT2D eigenvalue weighted by Crippen LogP contribution is -2.26. The molecule has 1 aliphatic rings. The minimum atomic E-state index is -0.179. The van der Waals surface area contributed by atoms with Gasteiger partial charge < -0.3 is 26.2 Å². The van der Waals surface area contributed by atoms with Crippen LogP contribution in [0.5, 0.6) is 5.75 Å². The highest BCUT2D eigenvalue weighted by Gasteiger charge is 2.18. The van der Waals surface area contributed by atoms with Gasteiger partial charge in [0.15, 0.2) is 6.61 Å². The molecule has 98 valence electrons. The van der Waals surface area contributed by atoms with Crippen molar-refractivity contribution in [2.75, 3.05) is 29.6 Å². The molecule has 1 atom stereocenters. The van der Waals surface area contributed by atoms with Crippen LogP contribution in [0.3, 0.4) is 0 Å². The van der Waals surface area contributed by atoms with E-state index >= 15 is 0 Å². The van der Waals surface area contributed by atoms with Crippen molar-refractivity contribution in [2.24, 2.45) is 0 Å². The molecule has 2 rings (SSSR count). The fourth-order valence-corrected chi connectivity index (χ4v) is 1.80. The molecule has 1 heterocycles. The van der Waals surface area contributed by atoms with E-state index in [4.69, 9.17) is 15.6 Å². The molecular weight excluding hydrogens is 234 g/mol. The molecule has 6 heteroatoms. The number of aliphatic hydroxyl groups is 1. The molecule has 0 radical (unpaired) electrons. The van der Waals surface area contributed by atoms with Gasteiger partial charge in [0.05, 0.1) is 17.1 Å². The molecule has 1 amide bonds. The first kappa shape index (κ1) is 12.5. The minimum Gasteiger partial charge on any atom is -0.482 e. The molecule has 0 spiro atoms. The van der Waals surface area contributed by atoms with Gasteiger partial charge in [0, 0.05) is 18.7 Å². The van der Waals surface area contributed by atoms with Crippen molar-refractivity contribution in [1.29, 1.82) is 0 Å². The van der Waals surface area contributed by atoms with E-state index in [1.807, 2.05) is 6.92 Å². The number of carbonyl (C=O) groups is 1. The third kappa shape index (κ3) is 2.65. The molecule has 5 N–H and O–H groups in total. The van der Waals surface area contributed by atoms with E-state index in [-0.39, 0.29) is 25.2 Å². The Balaban J connectivity index is 2.21. The van der Waals surface area contributed by atoms with Crippen LogP contribution in [0, 0.1) is 0 Å². The topological polar surface area (TPSA) is 96.6 Å². The average Bonchev–Trinajstić information content (AvgIpc) is 2.31. The summed E-state index contributed by atoms with van der Waals surface area (Å²) in [4.78, 5) is 11.2. The summed E-state index contributed by atoms with van der Waals surface area (Å²) in [6.07, 6.45) is 0.624. The van der Waals surface area contributed by atoms with E-state index in [2.05, 4.69) is 10.6 Å². The van der Waals surface area contributed by atoms with Crippen molar-refractivity contribution in [2.45, 2.75) is 19.4 Å². The molecule has 1 aromatic rings. The zero-order chi connectivity index (χ0) is 13.1. The summed E-state index contributed by atoms with van der Waals surface area (Å²) in [6, 6.07) is 3.52. The van der Waals surface area contributed by atoms with Gasteiger partial charge in [-0.3, -0.25) is 4.79 Å². The van der Waals surface area contributed by atoms with Crippen molar-refractivity contribution in [3.8, 4) is 5.75 Å². The van der Waals surface area contributed by atoms with E-state index < -0.39 is 0 Å². The summed E-state index contributed by atoms with van der Waals surface area (Å²) in [5.74, 6) is 0.397. The molecule has 1 aliphatic heterocycles. The lowest BCUT2D eigenvalue weighted by Gasteiger charge is -2.22. The number of hydrogen-bond donors (Lipinski definition) is 4. The summed E-state index contributed by atoms with van der Waals surface area (Å²) in [7, 11) is 0. The number of carbonyl (C=O) groups excluding carboxylic acids is 1. The Hall–Kier alpha value is -1.95. The highest BCUT2D eigenvalue weighted by Crippen LogP contribution is 2.35. The Labute approximate surface area is 105 Å². The number of nitrogens with two attached hydrogens (primary N) is 1. The quantitative estimate of drug-likeness (QED) is 0.593. The van der Waals surface area contributed by atoms with Gasteiger partial charge in [0.2, 0.25) is 0 Å². The molecule has 0 aromatic heterocycles. The molecule has 0 aliphatic carbocycles. The van der Waals surface area contributed by atoms with Gasteiger partial charge >= 0.3 is 0 Å². The van der Waals surface area contributed by atoms with E-state index in [1.165, 1.54) is 0 Å². The Bertz CT molecular complexity index is 462. The predicted octanol–water partition coefficient (Wildman–Crippen LogP) is 0.782. The SMILES string of the molecule is CC(CCO)Nc1cc2c(cc1N)OCC(=O)N2. The Morgan fingerprint density at radius 3 is 3.11 bits per heavy atom. The maximum Gasteiger partial charge on any atom is 0.262 e. The summed E-state index contributed by atoms with van der Waals surface area (Å²) < 4.78 is 5.26. The van der Waals surface area contributed by atoms with Crippen LogP contribution >= 0.6 is 0 Å². The molecule has 0 saturated heterocycles. The van der Waals surface area contributed by atoms with E-state index in [0.29, 0.717) is 23.5 Å². The zero-order valence-corrected chi connectivity index (χ0v) is 10.2. The number of aliphatic hydroxyl groups excluding tert-OH is 1. The number of nitrogen functional groups attached to an aromatic ring is 1. The van der Waals surface area contributed by atoms with Gasteiger partial charge in [-0.05, 0) is 19.4 Å². The lowest BCUT2D eigenvalue weighted by molar-refractivity contribution is -0.118. The van der Waals surface area contributed by atoms with Crippen LogP contribution < -0.4 is 21.1 Å². The summed E-state index contributed by atoms with van der Waals surface area (Å²) >= 11 is 0. The van der Waals surface area contributed by atoms with Crippen molar-refractivity contribution in [1.82, 2.24) is 0 Å². The third-order valence-electron chi connectivity index (χ3n) is 2.75. The molecule has 18 heavy (non-hydrogen) atoms. The smallest absolute Gasteiger partial charge is 0.262 e. The molecular formula is C12H17N3O3. The van der Waals surface area contributed by atoms with Crippen LogP contribution in [0.4, 0.5) is 17.1 Å². The van der Waals surface area contributed by atoms with E-state index in [1.54, 1.807) is 12.1 Å². The number of benzene rings is 1.